The van der Waals surface area contributed by atoms with Crippen LogP contribution >= 0.6 is 0 Å². The summed E-state index contributed by atoms with van der Waals surface area (Å²) in [5.41, 5.74) is 1.70. The van der Waals surface area contributed by atoms with Crippen LogP contribution in [-0.2, 0) is 12.0 Å². The van der Waals surface area contributed by atoms with E-state index in [1.54, 1.807) is 0 Å². The maximum atomic E-state index is 9.41. The number of likely N-dealkylation sites (tertiary alicyclic amines) is 1. The van der Waals surface area contributed by atoms with Crippen molar-refractivity contribution < 1.29 is 4.52 Å². The van der Waals surface area contributed by atoms with Crippen molar-refractivity contribution in [2.24, 2.45) is 0 Å². The number of nitriles is 1. The number of piperidine rings is 1. The Morgan fingerprint density at radius 2 is 2.00 bits per heavy atom. The number of hydrogen-bond acceptors (Lipinski definition) is 5. The molecule has 2 heterocycles. The molecule has 0 spiro atoms. The molecule has 0 atom stereocenters. The first-order valence-electron chi connectivity index (χ1n) is 8.86. The van der Waals surface area contributed by atoms with E-state index in [9.17, 15) is 5.26 Å². The van der Waals surface area contributed by atoms with Crippen molar-refractivity contribution in [3.8, 4) is 17.5 Å². The molecule has 2 aliphatic rings. The van der Waals surface area contributed by atoms with Gasteiger partial charge in [0.2, 0.25) is 11.7 Å². The fourth-order valence-electron chi connectivity index (χ4n) is 3.62. The third-order valence-electron chi connectivity index (χ3n) is 5.30. The molecule has 2 fully saturated rings. The van der Waals surface area contributed by atoms with E-state index in [0.717, 1.165) is 31.4 Å². The van der Waals surface area contributed by atoms with Crippen molar-refractivity contribution in [2.45, 2.75) is 50.5 Å². The summed E-state index contributed by atoms with van der Waals surface area (Å²) >= 11 is 0. The summed E-state index contributed by atoms with van der Waals surface area (Å²) in [5.74, 6) is 1.07. The lowest BCUT2D eigenvalue weighted by Crippen LogP contribution is -2.32. The van der Waals surface area contributed by atoms with Gasteiger partial charge in [-0.2, -0.15) is 10.2 Å². The highest BCUT2D eigenvalue weighted by Crippen LogP contribution is 2.42. The summed E-state index contributed by atoms with van der Waals surface area (Å²) in [6, 6.07) is 10.7. The highest BCUT2D eigenvalue weighted by atomic mass is 16.5. The topological polar surface area (TPSA) is 66.0 Å². The molecule has 0 unspecified atom stereocenters. The molecule has 0 amide bonds. The molecule has 1 aliphatic carbocycles. The molecule has 1 aliphatic heterocycles. The van der Waals surface area contributed by atoms with E-state index < -0.39 is 5.41 Å². The molecular weight excluding hydrogens is 300 g/mol. The van der Waals surface area contributed by atoms with Crippen LogP contribution in [0.1, 0.15) is 50.0 Å². The van der Waals surface area contributed by atoms with Crippen molar-refractivity contribution in [2.75, 3.05) is 13.1 Å². The summed E-state index contributed by atoms with van der Waals surface area (Å²) in [6.45, 7) is 3.34. The minimum absolute atomic E-state index is 0.479. The third-order valence-corrected chi connectivity index (χ3v) is 5.30. The van der Waals surface area contributed by atoms with Crippen LogP contribution in [0.15, 0.2) is 28.8 Å². The Bertz CT molecular complexity index is 751. The second kappa shape index (κ2) is 6.37. The summed E-state index contributed by atoms with van der Waals surface area (Å²) in [7, 11) is 0. The Kier molecular flexibility index (Phi) is 4.07. The zero-order valence-electron chi connectivity index (χ0n) is 13.9. The monoisotopic (exact) mass is 322 g/mol. The summed E-state index contributed by atoms with van der Waals surface area (Å²) in [4.78, 5) is 7.02. The van der Waals surface area contributed by atoms with Gasteiger partial charge >= 0.3 is 0 Å². The van der Waals surface area contributed by atoms with Crippen molar-refractivity contribution in [1.29, 1.82) is 5.26 Å². The van der Waals surface area contributed by atoms with Crippen LogP contribution < -0.4 is 0 Å². The minimum atomic E-state index is -0.545. The molecule has 1 aromatic carbocycles. The van der Waals surface area contributed by atoms with Gasteiger partial charge < -0.3 is 4.52 Å². The second-order valence-corrected chi connectivity index (χ2v) is 7.01. The number of hydrogen-bond donors (Lipinski definition) is 0. The van der Waals surface area contributed by atoms with E-state index in [0.29, 0.717) is 11.7 Å². The Labute approximate surface area is 142 Å². The lowest BCUT2D eigenvalue weighted by atomic mass is 9.70. The smallest absolute Gasteiger partial charge is 0.247 e. The minimum Gasteiger partial charge on any atom is -0.337 e. The zero-order chi connectivity index (χ0) is 16.4. The normalized spacial score (nSPS) is 20.3. The molecule has 4 rings (SSSR count). The molecule has 0 bridgehead atoms. The predicted octanol–water partition coefficient (Wildman–Crippen LogP) is 3.67. The maximum absolute atomic E-state index is 9.41. The highest BCUT2D eigenvalue weighted by Gasteiger charge is 2.44. The van der Waals surface area contributed by atoms with Gasteiger partial charge in [0.1, 0.15) is 5.41 Å². The van der Waals surface area contributed by atoms with Crippen molar-refractivity contribution in [3.05, 3.63) is 35.7 Å². The molecule has 124 valence electrons. The van der Waals surface area contributed by atoms with Crippen LogP contribution in [0.3, 0.4) is 0 Å². The molecule has 5 nitrogen and oxygen atoms in total. The van der Waals surface area contributed by atoms with Crippen LogP contribution in [0.4, 0.5) is 0 Å². The lowest BCUT2D eigenvalue weighted by Gasteiger charge is -2.30. The standard InChI is InChI=1S/C19H22N4O/c20-14-19(8-5-9-19)18-21-17(22-24-18)16-7-4-6-15(12-16)13-23-10-2-1-3-11-23/h4,6-7,12H,1-3,5,8-11,13H2. The first-order valence-corrected chi connectivity index (χ1v) is 8.86. The molecule has 1 saturated carbocycles. The van der Waals surface area contributed by atoms with Crippen molar-refractivity contribution in [1.82, 2.24) is 15.0 Å². The number of rotatable bonds is 4. The van der Waals surface area contributed by atoms with Gasteiger partial charge in [0.15, 0.2) is 0 Å². The van der Waals surface area contributed by atoms with E-state index in [-0.39, 0.29) is 0 Å². The van der Waals surface area contributed by atoms with Crippen molar-refractivity contribution in [3.63, 3.8) is 0 Å². The Morgan fingerprint density at radius 1 is 1.17 bits per heavy atom. The third kappa shape index (κ3) is 2.83. The van der Waals surface area contributed by atoms with E-state index in [2.05, 4.69) is 33.2 Å². The van der Waals surface area contributed by atoms with Gasteiger partial charge in [0, 0.05) is 12.1 Å². The average Bonchev–Trinajstić information content (AvgIpc) is 3.06. The van der Waals surface area contributed by atoms with Crippen LogP contribution in [0.5, 0.6) is 0 Å². The quantitative estimate of drug-likeness (QED) is 0.859. The highest BCUT2D eigenvalue weighted by molar-refractivity contribution is 5.55. The number of nitrogens with zero attached hydrogens (tertiary/aromatic N) is 4. The first kappa shape index (κ1) is 15.3. The number of aromatic nitrogens is 2. The van der Waals surface area contributed by atoms with E-state index in [1.165, 1.54) is 37.9 Å². The average molecular weight is 322 g/mol. The first-order chi connectivity index (χ1) is 11.8. The summed E-state index contributed by atoms with van der Waals surface area (Å²) in [5, 5.41) is 13.5. The molecule has 1 aromatic heterocycles. The van der Waals surface area contributed by atoms with Crippen LogP contribution in [-0.4, -0.2) is 28.1 Å². The zero-order valence-corrected chi connectivity index (χ0v) is 13.9. The Hall–Kier alpha value is -2.19. The van der Waals surface area contributed by atoms with Crippen LogP contribution in [0.25, 0.3) is 11.4 Å². The van der Waals surface area contributed by atoms with Crippen molar-refractivity contribution >= 4 is 0 Å². The molecule has 0 radical (unpaired) electrons. The predicted molar refractivity (Wildman–Crippen MR) is 90.0 cm³/mol. The molecule has 2 aromatic rings. The van der Waals surface area contributed by atoms with Gasteiger partial charge in [0.05, 0.1) is 6.07 Å². The molecule has 1 saturated heterocycles. The molecule has 5 heteroatoms. The number of benzene rings is 1. The fraction of sp³-hybridized carbons (Fsp3) is 0.526. The SMILES string of the molecule is N#CC1(c2nc(-c3cccc(CN4CCCCC4)c3)no2)CCC1. The van der Waals surface area contributed by atoms with Gasteiger partial charge in [-0.3, -0.25) is 4.90 Å². The van der Waals surface area contributed by atoms with Crippen LogP contribution in [0, 0.1) is 11.3 Å². The van der Waals surface area contributed by atoms with Gasteiger partial charge in [-0.1, -0.05) is 29.8 Å². The van der Waals surface area contributed by atoms with Gasteiger partial charge in [0.25, 0.3) is 0 Å². The molecule has 0 N–H and O–H groups in total. The van der Waals surface area contributed by atoms with Gasteiger partial charge in [-0.05, 0) is 56.8 Å². The van der Waals surface area contributed by atoms with E-state index in [1.807, 2.05) is 12.1 Å². The van der Waals surface area contributed by atoms with Crippen LogP contribution in [0.2, 0.25) is 0 Å². The maximum Gasteiger partial charge on any atom is 0.247 e. The van der Waals surface area contributed by atoms with E-state index in [4.69, 9.17) is 4.52 Å². The Morgan fingerprint density at radius 3 is 2.71 bits per heavy atom. The summed E-state index contributed by atoms with van der Waals surface area (Å²) < 4.78 is 5.41. The molecular formula is C19H22N4O. The lowest BCUT2D eigenvalue weighted by molar-refractivity contribution is 0.221. The Balaban J connectivity index is 1.53. The van der Waals surface area contributed by atoms with Gasteiger partial charge in [-0.25, -0.2) is 0 Å². The largest absolute Gasteiger partial charge is 0.337 e. The fourth-order valence-corrected chi connectivity index (χ4v) is 3.62. The van der Waals surface area contributed by atoms with Gasteiger partial charge in [-0.15, -0.1) is 0 Å². The summed E-state index contributed by atoms with van der Waals surface area (Å²) in [6.07, 6.45) is 6.63. The molecule has 24 heavy (non-hydrogen) atoms. The second-order valence-electron chi connectivity index (χ2n) is 7.01. The van der Waals surface area contributed by atoms with E-state index >= 15 is 0 Å².